The van der Waals surface area contributed by atoms with Crippen molar-refractivity contribution in [3.05, 3.63) is 18.2 Å². The molecule has 1 aromatic heterocycles. The number of guanidine groups is 1. The highest BCUT2D eigenvalue weighted by Crippen LogP contribution is 2.22. The Morgan fingerprint density at radius 3 is 2.62 bits per heavy atom. The van der Waals surface area contributed by atoms with Crippen LogP contribution in [-0.2, 0) is 25.6 Å². The fraction of sp³-hybridized carbons (Fsp3) is 0.652. The molecule has 1 aliphatic rings. The Hall–Kier alpha value is -3.68. The van der Waals surface area contributed by atoms with Crippen LogP contribution in [0.25, 0.3) is 0 Å². The number of rotatable bonds is 14. The average molecular weight is 522 g/mol. The number of aliphatic carboxylic acids is 1. The van der Waals surface area contributed by atoms with Gasteiger partial charge in [-0.1, -0.05) is 20.3 Å². The summed E-state index contributed by atoms with van der Waals surface area (Å²) in [5, 5.41) is 14.9. The summed E-state index contributed by atoms with van der Waals surface area (Å²) in [6.07, 6.45) is 5.32. The second-order valence-electron chi connectivity index (χ2n) is 9.30. The Bertz CT molecular complexity index is 948. The van der Waals surface area contributed by atoms with E-state index in [1.54, 1.807) is 0 Å². The number of nitrogens with two attached hydrogens (primary N) is 3. The van der Waals surface area contributed by atoms with E-state index in [0.717, 1.165) is 0 Å². The molecule has 0 saturated carbocycles. The topological polar surface area (TPSA) is 235 Å². The van der Waals surface area contributed by atoms with Crippen molar-refractivity contribution >= 4 is 29.7 Å². The van der Waals surface area contributed by atoms with Gasteiger partial charge in [0, 0.05) is 31.4 Å². The first-order chi connectivity index (χ1) is 17.5. The summed E-state index contributed by atoms with van der Waals surface area (Å²) in [5.41, 5.74) is 17.2. The molecule has 5 atom stereocenters. The summed E-state index contributed by atoms with van der Waals surface area (Å²) < 4.78 is 0. The summed E-state index contributed by atoms with van der Waals surface area (Å²) in [7, 11) is 0. The van der Waals surface area contributed by atoms with Crippen molar-refractivity contribution in [2.45, 2.75) is 76.5 Å². The molecule has 14 heteroatoms. The molecular weight excluding hydrogens is 482 g/mol. The van der Waals surface area contributed by atoms with Crippen molar-refractivity contribution in [1.29, 1.82) is 0 Å². The van der Waals surface area contributed by atoms with Crippen LogP contribution in [0.2, 0.25) is 0 Å². The zero-order valence-electron chi connectivity index (χ0n) is 21.4. The lowest BCUT2D eigenvalue weighted by Crippen LogP contribution is -2.58. The first-order valence-corrected chi connectivity index (χ1v) is 12.5. The van der Waals surface area contributed by atoms with E-state index in [2.05, 4.69) is 25.6 Å². The maximum Gasteiger partial charge on any atom is 0.326 e. The van der Waals surface area contributed by atoms with Crippen molar-refractivity contribution in [2.75, 3.05) is 13.1 Å². The Balaban J connectivity index is 2.06. The highest BCUT2D eigenvalue weighted by atomic mass is 16.4. The summed E-state index contributed by atoms with van der Waals surface area (Å²) >= 11 is 0. The standard InChI is InChI=1S/C23H39N9O5/c1-3-13(2)18(31-19(33)15(24)6-4-8-28-23(25)26)21(35)32-9-5-7-17(32)20(34)30-16(22(36)37)10-14-11-27-12-29-14/h11-13,15-18H,3-10,24H2,1-2H3,(H,27,29)(H,30,34)(H,31,33)(H,36,37)(H4,25,26,28). The summed E-state index contributed by atoms with van der Waals surface area (Å²) in [6, 6.07) is -3.76. The molecule has 0 aliphatic carbocycles. The molecule has 10 N–H and O–H groups in total. The van der Waals surface area contributed by atoms with Gasteiger partial charge >= 0.3 is 5.97 Å². The van der Waals surface area contributed by atoms with Gasteiger partial charge in [-0.3, -0.25) is 19.4 Å². The van der Waals surface area contributed by atoms with Crippen LogP contribution in [0.3, 0.4) is 0 Å². The van der Waals surface area contributed by atoms with Gasteiger partial charge in [0.05, 0.1) is 12.4 Å². The first kappa shape index (κ1) is 29.5. The lowest BCUT2D eigenvalue weighted by Gasteiger charge is -2.32. The van der Waals surface area contributed by atoms with E-state index in [4.69, 9.17) is 17.2 Å². The maximum atomic E-state index is 13.5. The van der Waals surface area contributed by atoms with Gasteiger partial charge in [0.25, 0.3) is 0 Å². The van der Waals surface area contributed by atoms with Crippen LogP contribution in [-0.4, -0.2) is 86.9 Å². The van der Waals surface area contributed by atoms with Gasteiger partial charge in [0.15, 0.2) is 5.96 Å². The predicted octanol–water partition coefficient (Wildman–Crippen LogP) is -1.58. The molecule has 0 spiro atoms. The van der Waals surface area contributed by atoms with Crippen molar-refractivity contribution in [3.8, 4) is 0 Å². The van der Waals surface area contributed by atoms with E-state index in [9.17, 15) is 24.3 Å². The molecule has 37 heavy (non-hydrogen) atoms. The van der Waals surface area contributed by atoms with Gasteiger partial charge in [0.1, 0.15) is 18.1 Å². The third kappa shape index (κ3) is 8.74. The Morgan fingerprint density at radius 2 is 2.03 bits per heavy atom. The quantitative estimate of drug-likeness (QED) is 0.0848. The number of nitrogens with one attached hydrogen (secondary N) is 3. The molecule has 1 fully saturated rings. The van der Waals surface area contributed by atoms with Crippen LogP contribution in [0.15, 0.2) is 17.5 Å². The van der Waals surface area contributed by atoms with E-state index < -0.39 is 47.9 Å². The summed E-state index contributed by atoms with van der Waals surface area (Å²) in [6.45, 7) is 4.39. The molecule has 0 radical (unpaired) electrons. The third-order valence-corrected chi connectivity index (χ3v) is 6.51. The van der Waals surface area contributed by atoms with E-state index in [0.29, 0.717) is 50.9 Å². The summed E-state index contributed by atoms with van der Waals surface area (Å²) in [4.78, 5) is 63.1. The van der Waals surface area contributed by atoms with Gasteiger partial charge in [-0.2, -0.15) is 0 Å². The van der Waals surface area contributed by atoms with E-state index in [-0.39, 0.29) is 18.3 Å². The number of amides is 3. The highest BCUT2D eigenvalue weighted by Gasteiger charge is 2.40. The Morgan fingerprint density at radius 1 is 1.30 bits per heavy atom. The minimum atomic E-state index is -1.20. The average Bonchev–Trinajstić information content (AvgIpc) is 3.55. The molecular formula is C23H39N9O5. The number of aromatic nitrogens is 2. The monoisotopic (exact) mass is 521 g/mol. The number of carboxylic acids is 1. The largest absolute Gasteiger partial charge is 0.480 e. The van der Waals surface area contributed by atoms with Crippen LogP contribution in [0.4, 0.5) is 0 Å². The number of likely N-dealkylation sites (tertiary alicyclic amines) is 1. The van der Waals surface area contributed by atoms with Crippen LogP contribution < -0.4 is 27.8 Å². The van der Waals surface area contributed by atoms with Crippen LogP contribution >= 0.6 is 0 Å². The molecule has 0 aromatic carbocycles. The number of imidazole rings is 1. The second kappa shape index (κ2) is 14.2. The smallest absolute Gasteiger partial charge is 0.326 e. The molecule has 1 aromatic rings. The van der Waals surface area contributed by atoms with Gasteiger partial charge in [-0.05, 0) is 31.6 Å². The molecule has 0 bridgehead atoms. The molecule has 14 nitrogen and oxygen atoms in total. The fourth-order valence-corrected chi connectivity index (χ4v) is 4.16. The molecule has 206 valence electrons. The molecule has 3 amide bonds. The second-order valence-corrected chi connectivity index (χ2v) is 9.30. The first-order valence-electron chi connectivity index (χ1n) is 12.5. The normalized spacial score (nSPS) is 18.4. The van der Waals surface area contributed by atoms with Gasteiger partial charge in [0.2, 0.25) is 17.7 Å². The summed E-state index contributed by atoms with van der Waals surface area (Å²) in [5.74, 6) is -2.88. The number of nitrogens with zero attached hydrogens (tertiary/aromatic N) is 3. The van der Waals surface area contributed by atoms with E-state index >= 15 is 0 Å². The minimum Gasteiger partial charge on any atom is -0.480 e. The number of hydrogen-bond acceptors (Lipinski definition) is 7. The fourth-order valence-electron chi connectivity index (χ4n) is 4.16. The van der Waals surface area contributed by atoms with Crippen LogP contribution in [0, 0.1) is 5.92 Å². The van der Waals surface area contributed by atoms with Gasteiger partial charge < -0.3 is 42.8 Å². The van der Waals surface area contributed by atoms with Crippen LogP contribution in [0.1, 0.15) is 51.6 Å². The van der Waals surface area contributed by atoms with Gasteiger partial charge in [-0.25, -0.2) is 9.78 Å². The molecule has 1 saturated heterocycles. The molecule has 2 rings (SSSR count). The van der Waals surface area contributed by atoms with Crippen molar-refractivity contribution in [3.63, 3.8) is 0 Å². The lowest BCUT2D eigenvalue weighted by molar-refractivity contribution is -0.145. The molecule has 5 unspecified atom stereocenters. The minimum absolute atomic E-state index is 0.0222. The number of hydrogen-bond donors (Lipinski definition) is 7. The van der Waals surface area contributed by atoms with Gasteiger partial charge in [-0.15, -0.1) is 0 Å². The van der Waals surface area contributed by atoms with Crippen molar-refractivity contribution < 1.29 is 24.3 Å². The maximum absolute atomic E-state index is 13.5. The zero-order chi connectivity index (χ0) is 27.5. The Labute approximate surface area is 215 Å². The highest BCUT2D eigenvalue weighted by molar-refractivity contribution is 5.94. The SMILES string of the molecule is CCC(C)C(NC(=O)C(N)CCCN=C(N)N)C(=O)N1CCCC1C(=O)NC(Cc1cnc[nH]1)C(=O)O. The third-order valence-electron chi connectivity index (χ3n) is 6.51. The lowest BCUT2D eigenvalue weighted by atomic mass is 9.96. The number of H-pyrrole nitrogens is 1. The number of aromatic amines is 1. The molecule has 2 heterocycles. The van der Waals surface area contributed by atoms with Crippen molar-refractivity contribution in [1.82, 2.24) is 25.5 Å². The zero-order valence-corrected chi connectivity index (χ0v) is 21.4. The Kier molecular flexibility index (Phi) is 11.3. The van der Waals surface area contributed by atoms with Crippen LogP contribution in [0.5, 0.6) is 0 Å². The van der Waals surface area contributed by atoms with Crippen molar-refractivity contribution in [2.24, 2.45) is 28.1 Å². The number of carbonyl (C=O) groups is 4. The number of aliphatic imine (C=N–C) groups is 1. The predicted molar refractivity (Wildman–Crippen MR) is 136 cm³/mol. The molecule has 1 aliphatic heterocycles. The van der Waals surface area contributed by atoms with E-state index in [1.807, 2.05) is 13.8 Å². The number of carboxylic acid groups (broad SMARTS) is 1. The number of carbonyl (C=O) groups excluding carboxylic acids is 3. The van der Waals surface area contributed by atoms with E-state index in [1.165, 1.54) is 17.4 Å².